The molecule has 0 aromatic heterocycles. The van der Waals surface area contributed by atoms with Crippen molar-refractivity contribution in [1.29, 1.82) is 0 Å². The van der Waals surface area contributed by atoms with Gasteiger partial charge < -0.3 is 45.8 Å². The summed E-state index contributed by atoms with van der Waals surface area (Å²) in [6.45, 7) is 15.0. The number of nitrogens with one attached hydrogen (secondary N) is 2. The Balaban J connectivity index is 1.85. The molecule has 43 heavy (non-hydrogen) atoms. The molecular weight excluding hydrogens is 559 g/mol. The number of ether oxygens (including phenoxy) is 1. The van der Waals surface area contributed by atoms with Gasteiger partial charge in [-0.05, 0) is 55.8 Å². The first-order chi connectivity index (χ1) is 20.1. The van der Waals surface area contributed by atoms with Crippen molar-refractivity contribution < 1.29 is 39.5 Å². The molecule has 2 aromatic carbocycles. The van der Waals surface area contributed by atoms with Crippen molar-refractivity contribution in [2.75, 3.05) is 25.5 Å². The highest BCUT2D eigenvalue weighted by Crippen LogP contribution is 2.38. The number of anilines is 1. The van der Waals surface area contributed by atoms with Crippen LogP contribution in [0, 0.1) is 12.7 Å². The lowest BCUT2D eigenvalue weighted by Gasteiger charge is -2.49. The lowest BCUT2D eigenvalue weighted by Crippen LogP contribution is -2.75. The molecule has 0 amide bonds. The third kappa shape index (κ3) is 7.07. The van der Waals surface area contributed by atoms with Crippen LogP contribution < -0.4 is 10.6 Å². The molecular formula is C31H43FN4O7. The van der Waals surface area contributed by atoms with Crippen LogP contribution >= 0.6 is 0 Å². The van der Waals surface area contributed by atoms with Crippen LogP contribution in [0.3, 0.4) is 0 Å². The largest absolute Gasteiger partial charge is 0.388 e. The van der Waals surface area contributed by atoms with Crippen LogP contribution in [0.1, 0.15) is 36.1 Å². The second-order valence-corrected chi connectivity index (χ2v) is 11.1. The first-order valence-corrected chi connectivity index (χ1v) is 13.9. The predicted octanol–water partition coefficient (Wildman–Crippen LogP) is 1.28. The highest BCUT2D eigenvalue weighted by molar-refractivity contribution is 5.62. The monoisotopic (exact) mass is 602 g/mol. The Hall–Kier alpha value is -3.36. The maximum atomic E-state index is 15.2. The van der Waals surface area contributed by atoms with Gasteiger partial charge in [-0.1, -0.05) is 37.4 Å². The molecule has 3 unspecified atom stereocenters. The number of carbonyl (C=O) groups is 1. The van der Waals surface area contributed by atoms with Crippen molar-refractivity contribution in [3.63, 3.8) is 0 Å². The number of aliphatic hydroxyl groups is 5. The molecule has 7 N–H and O–H groups in total. The van der Waals surface area contributed by atoms with E-state index in [2.05, 4.69) is 28.7 Å². The van der Waals surface area contributed by atoms with E-state index >= 15 is 4.39 Å². The number of likely N-dealkylation sites (N-methyl/N-ethyl adjacent to an activating group) is 1. The number of aryl methyl sites for hydroxylation is 1. The Bertz CT molecular complexity index is 1310. The molecule has 1 saturated heterocycles. The van der Waals surface area contributed by atoms with E-state index < -0.39 is 29.3 Å². The Morgan fingerprint density at radius 2 is 1.81 bits per heavy atom. The minimum Gasteiger partial charge on any atom is -0.388 e. The van der Waals surface area contributed by atoms with E-state index in [1.165, 1.54) is 13.1 Å². The van der Waals surface area contributed by atoms with Gasteiger partial charge in [0.15, 0.2) is 6.29 Å². The summed E-state index contributed by atoms with van der Waals surface area (Å²) < 4.78 is 21.0. The van der Waals surface area contributed by atoms with Crippen molar-refractivity contribution in [2.24, 2.45) is 0 Å². The number of carbonyl (C=O) groups excluding carboxylic acids is 1. The number of nitrogens with zero attached hydrogens (tertiary/aromatic N) is 2. The summed E-state index contributed by atoms with van der Waals surface area (Å²) in [6.07, 6.45) is 0.728. The normalized spacial score (nSPS) is 19.3. The summed E-state index contributed by atoms with van der Waals surface area (Å²) in [5.74, 6) is -8.03. The van der Waals surface area contributed by atoms with E-state index in [-0.39, 0.29) is 31.1 Å². The van der Waals surface area contributed by atoms with Gasteiger partial charge in [-0.3, -0.25) is 9.69 Å². The van der Waals surface area contributed by atoms with Crippen molar-refractivity contribution in [2.45, 2.75) is 69.9 Å². The van der Waals surface area contributed by atoms with Crippen LogP contribution in [-0.2, 0) is 29.2 Å². The van der Waals surface area contributed by atoms with Crippen molar-refractivity contribution in [1.82, 2.24) is 15.1 Å². The van der Waals surface area contributed by atoms with Crippen molar-refractivity contribution >= 4 is 12.0 Å². The SMILES string of the molecule is C=CN(Cc1c(C)cccc1NCc1ccc(CN2CC(C)OC(C)C2)cc1F)C(O)(C(=C)NC)C(O)(O)C(O)(O)C=O. The molecule has 0 saturated carbocycles. The molecule has 236 valence electrons. The van der Waals surface area contributed by atoms with Gasteiger partial charge in [-0.15, -0.1) is 0 Å². The number of hydrogen-bond donors (Lipinski definition) is 7. The average molecular weight is 603 g/mol. The zero-order chi connectivity index (χ0) is 32.2. The second-order valence-electron chi connectivity index (χ2n) is 11.1. The Labute approximate surface area is 251 Å². The third-order valence-electron chi connectivity index (χ3n) is 7.75. The molecule has 12 heteroatoms. The Morgan fingerprint density at radius 3 is 2.37 bits per heavy atom. The number of rotatable bonds is 14. The highest BCUT2D eigenvalue weighted by Gasteiger charge is 2.66. The van der Waals surface area contributed by atoms with Crippen molar-refractivity contribution in [3.8, 4) is 0 Å². The summed E-state index contributed by atoms with van der Waals surface area (Å²) in [6, 6.07) is 10.4. The van der Waals surface area contributed by atoms with E-state index in [0.29, 0.717) is 28.9 Å². The molecule has 3 atom stereocenters. The van der Waals surface area contributed by atoms with Gasteiger partial charge in [0.1, 0.15) is 5.82 Å². The van der Waals surface area contributed by atoms with Crippen molar-refractivity contribution in [3.05, 3.63) is 89.5 Å². The van der Waals surface area contributed by atoms with E-state index in [0.717, 1.165) is 29.8 Å². The molecule has 1 heterocycles. The van der Waals surface area contributed by atoms with Gasteiger partial charge in [0.05, 0.1) is 17.9 Å². The molecule has 0 bridgehead atoms. The van der Waals surface area contributed by atoms with Gasteiger partial charge in [-0.2, -0.15) is 0 Å². The van der Waals surface area contributed by atoms with Gasteiger partial charge in [0.25, 0.3) is 11.6 Å². The fourth-order valence-electron chi connectivity index (χ4n) is 5.35. The maximum Gasteiger partial charge on any atom is 0.282 e. The zero-order valence-electron chi connectivity index (χ0n) is 25.0. The van der Waals surface area contributed by atoms with E-state index in [9.17, 15) is 30.3 Å². The molecule has 0 radical (unpaired) electrons. The standard InChI is InChI=1S/C31H43FN4O7/c1-7-36(30(40,23(5)33-6)31(41,42)29(38,39)19-37)18-26-20(2)9-8-10-28(26)34-14-25-12-11-24(13-27(25)32)17-35-15-21(3)43-22(4)16-35/h7-13,19,21-22,33-34,38-42H,1,5,14-18H2,2-4,6H3. The van der Waals surface area contributed by atoms with Crippen LogP contribution in [0.25, 0.3) is 0 Å². The highest BCUT2D eigenvalue weighted by atomic mass is 19.1. The molecule has 11 nitrogen and oxygen atoms in total. The lowest BCUT2D eigenvalue weighted by molar-refractivity contribution is -0.403. The number of hydrogen-bond acceptors (Lipinski definition) is 11. The van der Waals surface area contributed by atoms with Gasteiger partial charge in [-0.25, -0.2) is 4.39 Å². The average Bonchev–Trinajstić information content (AvgIpc) is 2.94. The summed E-state index contributed by atoms with van der Waals surface area (Å²) in [5, 5.41) is 58.8. The minimum absolute atomic E-state index is 0.107. The first kappa shape index (κ1) is 34.1. The third-order valence-corrected chi connectivity index (χ3v) is 7.75. The number of aldehydes is 1. The molecule has 1 aliphatic rings. The van der Waals surface area contributed by atoms with E-state index in [1.807, 2.05) is 19.9 Å². The predicted molar refractivity (Wildman–Crippen MR) is 159 cm³/mol. The van der Waals surface area contributed by atoms with Gasteiger partial charge >= 0.3 is 0 Å². The summed E-state index contributed by atoms with van der Waals surface area (Å²) in [5.41, 5.74) is -0.512. The quantitative estimate of drug-likeness (QED) is 0.123. The molecule has 0 aliphatic carbocycles. The number of benzene rings is 2. The maximum absolute atomic E-state index is 15.2. The summed E-state index contributed by atoms with van der Waals surface area (Å²) in [4.78, 5) is 14.5. The van der Waals surface area contributed by atoms with E-state index in [4.69, 9.17) is 4.74 Å². The minimum atomic E-state index is -3.87. The number of halogens is 1. The molecule has 1 aliphatic heterocycles. The first-order valence-electron chi connectivity index (χ1n) is 13.9. The topological polar surface area (TPSA) is 158 Å². The number of morpholine rings is 1. The summed E-state index contributed by atoms with van der Waals surface area (Å²) >= 11 is 0. The fraction of sp³-hybridized carbons (Fsp3) is 0.452. The lowest BCUT2D eigenvalue weighted by atomic mass is 9.89. The molecule has 0 spiro atoms. The van der Waals surface area contributed by atoms with Crippen LogP contribution in [-0.4, -0.2) is 91.3 Å². The second kappa shape index (κ2) is 13.5. The summed E-state index contributed by atoms with van der Waals surface area (Å²) in [7, 11) is 1.31. The Kier molecular flexibility index (Phi) is 10.7. The van der Waals surface area contributed by atoms with E-state index in [1.54, 1.807) is 31.2 Å². The molecule has 1 fully saturated rings. The van der Waals surface area contributed by atoms with Crippen LogP contribution in [0.15, 0.2) is 61.5 Å². The molecule has 3 rings (SSSR count). The van der Waals surface area contributed by atoms with Crippen LogP contribution in [0.4, 0.5) is 10.1 Å². The smallest absolute Gasteiger partial charge is 0.282 e. The van der Waals surface area contributed by atoms with Crippen LogP contribution in [0.2, 0.25) is 0 Å². The molecule has 2 aromatic rings. The van der Waals surface area contributed by atoms with Gasteiger partial charge in [0.2, 0.25) is 5.72 Å². The van der Waals surface area contributed by atoms with Gasteiger partial charge in [0, 0.05) is 51.0 Å². The zero-order valence-corrected chi connectivity index (χ0v) is 25.0. The van der Waals surface area contributed by atoms with Crippen LogP contribution in [0.5, 0.6) is 0 Å². The fourth-order valence-corrected chi connectivity index (χ4v) is 5.35. The Morgan fingerprint density at radius 1 is 1.16 bits per heavy atom.